The second kappa shape index (κ2) is 4.37. The van der Waals surface area contributed by atoms with Gasteiger partial charge >= 0.3 is 5.82 Å². The van der Waals surface area contributed by atoms with Crippen LogP contribution in [-0.2, 0) is 9.05 Å². The third kappa shape index (κ3) is 2.58. The minimum Gasteiger partial charge on any atom is -0.503 e. The lowest BCUT2D eigenvalue weighted by Crippen LogP contribution is -2.06. The fourth-order valence-corrected chi connectivity index (χ4v) is 2.32. The number of nitro groups is 1. The minimum atomic E-state index is -4.77. The Morgan fingerprint density at radius 3 is 2.41 bits per heavy atom. The standard InChI is InChI=1S/C6H3ClF2N2O5S/c7-17(15,16)4-2(12)1-10-6(11(13)14)3(4)5(8)9/h1,5,12H. The maximum atomic E-state index is 12.6. The number of hydrogen-bond acceptors (Lipinski definition) is 6. The van der Waals surface area contributed by atoms with Crippen molar-refractivity contribution in [2.24, 2.45) is 0 Å². The Bertz CT molecular complexity index is 576. The Kier molecular flexibility index (Phi) is 3.48. The first-order valence-corrected chi connectivity index (χ1v) is 6.06. The summed E-state index contributed by atoms with van der Waals surface area (Å²) in [5.74, 6) is -2.56. The van der Waals surface area contributed by atoms with Crippen LogP contribution in [0.5, 0.6) is 5.75 Å². The van der Waals surface area contributed by atoms with E-state index < -0.39 is 42.4 Å². The van der Waals surface area contributed by atoms with Crippen LogP contribution in [0, 0.1) is 10.1 Å². The van der Waals surface area contributed by atoms with Gasteiger partial charge in [-0.25, -0.2) is 17.2 Å². The van der Waals surface area contributed by atoms with Crippen LogP contribution in [0.3, 0.4) is 0 Å². The van der Waals surface area contributed by atoms with E-state index in [0.717, 1.165) is 0 Å². The van der Waals surface area contributed by atoms with Crippen LogP contribution in [-0.4, -0.2) is 23.4 Å². The summed E-state index contributed by atoms with van der Waals surface area (Å²) in [5, 5.41) is 19.5. The first kappa shape index (κ1) is 13.5. The molecule has 0 aromatic carbocycles. The van der Waals surface area contributed by atoms with Crippen LogP contribution in [0.4, 0.5) is 14.6 Å². The Labute approximate surface area is 97.2 Å². The average Bonchev–Trinajstić information content (AvgIpc) is 2.14. The van der Waals surface area contributed by atoms with Crippen molar-refractivity contribution in [3.8, 4) is 5.75 Å². The molecule has 0 spiro atoms. The molecule has 1 aromatic rings. The number of halogens is 3. The maximum Gasteiger partial charge on any atom is 0.374 e. The summed E-state index contributed by atoms with van der Waals surface area (Å²) in [6.07, 6.45) is -3.17. The summed E-state index contributed by atoms with van der Waals surface area (Å²) in [4.78, 5) is 10.6. The van der Waals surface area contributed by atoms with Crippen molar-refractivity contribution in [2.75, 3.05) is 0 Å². The van der Waals surface area contributed by atoms with Crippen LogP contribution >= 0.6 is 10.7 Å². The smallest absolute Gasteiger partial charge is 0.374 e. The molecule has 1 N–H and O–H groups in total. The monoisotopic (exact) mass is 288 g/mol. The topological polar surface area (TPSA) is 110 Å². The summed E-state index contributed by atoms with van der Waals surface area (Å²) < 4.78 is 47.1. The molecule has 0 aliphatic heterocycles. The second-order valence-electron chi connectivity index (χ2n) is 2.71. The van der Waals surface area contributed by atoms with E-state index in [0.29, 0.717) is 6.20 Å². The Hall–Kier alpha value is -1.55. The molecule has 11 heteroatoms. The first-order chi connectivity index (χ1) is 7.66. The molecule has 7 nitrogen and oxygen atoms in total. The van der Waals surface area contributed by atoms with Gasteiger partial charge in [0.1, 0.15) is 10.5 Å². The molecule has 0 radical (unpaired) electrons. The highest BCUT2D eigenvalue weighted by Crippen LogP contribution is 2.39. The van der Waals surface area contributed by atoms with Gasteiger partial charge in [-0.15, -0.1) is 0 Å². The molecule has 0 aliphatic rings. The quantitative estimate of drug-likeness (QED) is 0.513. The molecule has 0 saturated carbocycles. The van der Waals surface area contributed by atoms with Crippen molar-refractivity contribution in [3.63, 3.8) is 0 Å². The zero-order valence-corrected chi connectivity index (χ0v) is 9.24. The van der Waals surface area contributed by atoms with Gasteiger partial charge in [0.15, 0.2) is 11.9 Å². The van der Waals surface area contributed by atoms with Crippen molar-refractivity contribution in [3.05, 3.63) is 21.9 Å². The average molecular weight is 289 g/mol. The Morgan fingerprint density at radius 1 is 1.53 bits per heavy atom. The zero-order valence-electron chi connectivity index (χ0n) is 7.67. The van der Waals surface area contributed by atoms with Crippen LogP contribution < -0.4 is 0 Å². The third-order valence-corrected chi connectivity index (χ3v) is 3.04. The van der Waals surface area contributed by atoms with Gasteiger partial charge in [0.05, 0.1) is 0 Å². The highest BCUT2D eigenvalue weighted by Gasteiger charge is 2.35. The number of alkyl halides is 2. The van der Waals surface area contributed by atoms with Gasteiger partial charge in [0, 0.05) is 10.7 Å². The van der Waals surface area contributed by atoms with Gasteiger partial charge < -0.3 is 15.2 Å². The number of aromatic hydroxyl groups is 1. The fourth-order valence-electron chi connectivity index (χ4n) is 1.09. The maximum absolute atomic E-state index is 12.6. The van der Waals surface area contributed by atoms with E-state index in [1.807, 2.05) is 0 Å². The van der Waals surface area contributed by atoms with E-state index in [-0.39, 0.29) is 0 Å². The molecule has 0 amide bonds. The van der Waals surface area contributed by atoms with Crippen LogP contribution in [0.1, 0.15) is 12.0 Å². The number of aromatic nitrogens is 1. The van der Waals surface area contributed by atoms with E-state index in [9.17, 15) is 27.3 Å². The first-order valence-electron chi connectivity index (χ1n) is 3.75. The van der Waals surface area contributed by atoms with E-state index in [4.69, 9.17) is 15.8 Å². The number of hydrogen-bond donors (Lipinski definition) is 1. The molecule has 0 saturated heterocycles. The van der Waals surface area contributed by atoms with Crippen molar-refractivity contribution < 1.29 is 27.2 Å². The Morgan fingerprint density at radius 2 is 2.06 bits per heavy atom. The SMILES string of the molecule is O=[N+]([O-])c1ncc(O)c(S(=O)(=O)Cl)c1C(F)F. The molecule has 0 unspecified atom stereocenters. The summed E-state index contributed by atoms with van der Waals surface area (Å²) in [5.41, 5.74) is -1.54. The molecule has 0 bridgehead atoms. The number of rotatable bonds is 3. The van der Waals surface area contributed by atoms with Crippen molar-refractivity contribution in [1.29, 1.82) is 0 Å². The summed E-state index contributed by atoms with van der Waals surface area (Å²) in [6, 6.07) is 0. The lowest BCUT2D eigenvalue weighted by atomic mass is 10.2. The number of pyridine rings is 1. The lowest BCUT2D eigenvalue weighted by molar-refractivity contribution is -0.391. The highest BCUT2D eigenvalue weighted by atomic mass is 35.7. The van der Waals surface area contributed by atoms with Crippen molar-refractivity contribution >= 4 is 25.6 Å². The molecule has 1 heterocycles. The third-order valence-electron chi connectivity index (χ3n) is 1.66. The molecule has 1 rings (SSSR count). The van der Waals surface area contributed by atoms with Gasteiger partial charge in [-0.05, 0) is 9.91 Å². The predicted molar refractivity (Wildman–Crippen MR) is 50.6 cm³/mol. The largest absolute Gasteiger partial charge is 0.503 e. The highest BCUT2D eigenvalue weighted by molar-refractivity contribution is 8.13. The predicted octanol–water partition coefficient (Wildman–Crippen LogP) is 1.56. The molecular weight excluding hydrogens is 286 g/mol. The molecule has 1 aromatic heterocycles. The lowest BCUT2D eigenvalue weighted by Gasteiger charge is -2.06. The van der Waals surface area contributed by atoms with Gasteiger partial charge in [-0.3, -0.25) is 0 Å². The van der Waals surface area contributed by atoms with E-state index in [2.05, 4.69) is 4.98 Å². The molecule has 0 fully saturated rings. The zero-order chi connectivity index (χ0) is 13.4. The van der Waals surface area contributed by atoms with E-state index >= 15 is 0 Å². The molecule has 0 aliphatic carbocycles. The van der Waals surface area contributed by atoms with Crippen molar-refractivity contribution in [1.82, 2.24) is 4.98 Å². The summed E-state index contributed by atoms with van der Waals surface area (Å²) in [6.45, 7) is 0. The molecule has 17 heavy (non-hydrogen) atoms. The van der Waals surface area contributed by atoms with Crippen LogP contribution in [0.2, 0.25) is 0 Å². The minimum absolute atomic E-state index is 0.360. The second-order valence-corrected chi connectivity index (χ2v) is 5.21. The van der Waals surface area contributed by atoms with E-state index in [1.165, 1.54) is 0 Å². The van der Waals surface area contributed by atoms with Gasteiger partial charge in [0.25, 0.3) is 15.5 Å². The van der Waals surface area contributed by atoms with E-state index in [1.54, 1.807) is 0 Å². The Balaban J connectivity index is 3.80. The van der Waals surface area contributed by atoms with Gasteiger partial charge in [0.2, 0.25) is 0 Å². The molecule has 0 atom stereocenters. The van der Waals surface area contributed by atoms with Crippen LogP contribution in [0.25, 0.3) is 0 Å². The molecular formula is C6H3ClF2N2O5S. The van der Waals surface area contributed by atoms with Gasteiger partial charge in [-0.1, -0.05) is 0 Å². The number of nitrogens with zero attached hydrogens (tertiary/aromatic N) is 2. The summed E-state index contributed by atoms with van der Waals surface area (Å²) >= 11 is 0. The molecule has 94 valence electrons. The fraction of sp³-hybridized carbons (Fsp3) is 0.167. The van der Waals surface area contributed by atoms with Crippen molar-refractivity contribution in [2.45, 2.75) is 11.3 Å². The van der Waals surface area contributed by atoms with Crippen LogP contribution in [0.15, 0.2) is 11.1 Å². The summed E-state index contributed by atoms with van der Waals surface area (Å²) in [7, 11) is 0.0508. The normalized spacial score (nSPS) is 11.8. The van der Waals surface area contributed by atoms with Gasteiger partial charge in [-0.2, -0.15) is 0 Å².